The fourth-order valence-electron chi connectivity index (χ4n) is 3.11. The minimum atomic E-state index is -1.38. The number of imidazole rings is 1. The predicted octanol–water partition coefficient (Wildman–Crippen LogP) is 2.07. The zero-order valence-corrected chi connectivity index (χ0v) is 16.8. The lowest BCUT2D eigenvalue weighted by molar-refractivity contribution is 0.0975. The maximum Gasteiger partial charge on any atom is 0.303 e. The summed E-state index contributed by atoms with van der Waals surface area (Å²) in [7, 11) is 0. The lowest BCUT2D eigenvalue weighted by Crippen LogP contribution is -2.24. The Hall–Kier alpha value is -3.27. The van der Waals surface area contributed by atoms with E-state index in [0.717, 1.165) is 0 Å². The monoisotopic (exact) mass is 426 g/mol. The number of ether oxygens (including phenoxy) is 1. The number of nitrogens with zero attached hydrogens (tertiary/aromatic N) is 5. The SMILES string of the molecule is CC(O)(c1ccc2nc(OCCO)n(-c3ccnc(N)n3)c2c1)c1ccc(Cl)cn1. The number of halogens is 1. The van der Waals surface area contributed by atoms with Crippen molar-refractivity contribution < 1.29 is 14.9 Å². The number of hydrogen-bond acceptors (Lipinski definition) is 8. The molecule has 0 saturated carbocycles. The van der Waals surface area contributed by atoms with E-state index in [2.05, 4.69) is 19.9 Å². The molecule has 0 aliphatic rings. The van der Waals surface area contributed by atoms with Crippen molar-refractivity contribution in [2.75, 3.05) is 18.9 Å². The Kier molecular flexibility index (Phi) is 5.25. The molecular weight excluding hydrogens is 408 g/mol. The molecule has 0 fully saturated rings. The van der Waals surface area contributed by atoms with Gasteiger partial charge in [0.05, 0.1) is 28.4 Å². The number of rotatable bonds is 6. The third-order valence-corrected chi connectivity index (χ3v) is 4.85. The van der Waals surface area contributed by atoms with Gasteiger partial charge in [0.25, 0.3) is 0 Å². The van der Waals surface area contributed by atoms with Gasteiger partial charge in [0.1, 0.15) is 18.0 Å². The molecule has 0 saturated heterocycles. The van der Waals surface area contributed by atoms with Gasteiger partial charge in [-0.2, -0.15) is 9.97 Å². The predicted molar refractivity (Wildman–Crippen MR) is 112 cm³/mol. The molecule has 9 nitrogen and oxygen atoms in total. The van der Waals surface area contributed by atoms with Crippen LogP contribution >= 0.6 is 11.6 Å². The van der Waals surface area contributed by atoms with Crippen LogP contribution in [0.5, 0.6) is 6.01 Å². The molecule has 4 aromatic rings. The zero-order chi connectivity index (χ0) is 21.3. The highest BCUT2D eigenvalue weighted by atomic mass is 35.5. The lowest BCUT2D eigenvalue weighted by atomic mass is 9.91. The van der Waals surface area contributed by atoms with Crippen molar-refractivity contribution in [1.29, 1.82) is 0 Å². The summed E-state index contributed by atoms with van der Waals surface area (Å²) in [6, 6.07) is 10.6. The maximum absolute atomic E-state index is 11.2. The number of nitrogen functional groups attached to an aromatic ring is 1. The highest BCUT2D eigenvalue weighted by Crippen LogP contribution is 2.33. The first kappa shape index (κ1) is 20.0. The first-order valence-electron chi connectivity index (χ1n) is 9.10. The summed E-state index contributed by atoms with van der Waals surface area (Å²) in [6.07, 6.45) is 3.01. The fourth-order valence-corrected chi connectivity index (χ4v) is 3.22. The molecule has 0 amide bonds. The smallest absolute Gasteiger partial charge is 0.303 e. The first-order valence-corrected chi connectivity index (χ1v) is 9.48. The van der Waals surface area contributed by atoms with Crippen molar-refractivity contribution in [3.63, 3.8) is 0 Å². The summed E-state index contributed by atoms with van der Waals surface area (Å²) < 4.78 is 7.25. The number of aliphatic hydroxyl groups excluding tert-OH is 1. The number of aliphatic hydroxyl groups is 2. The molecule has 3 aromatic heterocycles. The third kappa shape index (κ3) is 3.65. The highest BCUT2D eigenvalue weighted by Gasteiger charge is 2.28. The fraction of sp³-hybridized carbons (Fsp3) is 0.200. The molecule has 1 atom stereocenters. The van der Waals surface area contributed by atoms with Gasteiger partial charge in [0.2, 0.25) is 5.95 Å². The Labute approximate surface area is 176 Å². The van der Waals surface area contributed by atoms with E-state index in [4.69, 9.17) is 27.2 Å². The molecule has 1 aromatic carbocycles. The molecule has 0 aliphatic heterocycles. The summed E-state index contributed by atoms with van der Waals surface area (Å²) in [4.78, 5) is 16.9. The molecule has 0 radical (unpaired) electrons. The van der Waals surface area contributed by atoms with Crippen LogP contribution in [0.1, 0.15) is 18.2 Å². The molecule has 4 N–H and O–H groups in total. The summed E-state index contributed by atoms with van der Waals surface area (Å²) in [5.74, 6) is 0.537. The molecule has 4 rings (SSSR count). The Morgan fingerprint density at radius 2 is 2.00 bits per heavy atom. The quantitative estimate of drug-likeness (QED) is 0.427. The van der Waals surface area contributed by atoms with Gasteiger partial charge in [-0.1, -0.05) is 17.7 Å². The van der Waals surface area contributed by atoms with Crippen molar-refractivity contribution in [2.45, 2.75) is 12.5 Å². The Morgan fingerprint density at radius 3 is 2.70 bits per heavy atom. The Bertz CT molecular complexity index is 1190. The number of hydrogen-bond donors (Lipinski definition) is 3. The van der Waals surface area contributed by atoms with Gasteiger partial charge < -0.3 is 20.7 Å². The second-order valence-electron chi connectivity index (χ2n) is 6.71. The van der Waals surface area contributed by atoms with Gasteiger partial charge in [-0.15, -0.1) is 0 Å². The van der Waals surface area contributed by atoms with Crippen LogP contribution in [-0.4, -0.2) is 47.9 Å². The minimum Gasteiger partial charge on any atom is -0.462 e. The van der Waals surface area contributed by atoms with Crippen molar-refractivity contribution in [3.05, 3.63) is 65.1 Å². The second kappa shape index (κ2) is 7.86. The van der Waals surface area contributed by atoms with E-state index in [-0.39, 0.29) is 25.2 Å². The molecular formula is C20H19ClN6O3. The number of nitrogens with two attached hydrogens (primary N) is 1. The van der Waals surface area contributed by atoms with Crippen LogP contribution in [0.25, 0.3) is 16.9 Å². The molecule has 154 valence electrons. The van der Waals surface area contributed by atoms with Gasteiger partial charge in [-0.3, -0.25) is 4.98 Å². The summed E-state index contributed by atoms with van der Waals surface area (Å²) in [6.45, 7) is 1.54. The first-order chi connectivity index (χ1) is 14.4. The highest BCUT2D eigenvalue weighted by molar-refractivity contribution is 6.30. The van der Waals surface area contributed by atoms with Crippen molar-refractivity contribution >= 4 is 28.6 Å². The minimum absolute atomic E-state index is 0.0587. The number of anilines is 1. The third-order valence-electron chi connectivity index (χ3n) is 4.62. The molecule has 0 aliphatic carbocycles. The average molecular weight is 427 g/mol. The van der Waals surface area contributed by atoms with E-state index in [1.54, 1.807) is 47.9 Å². The molecule has 0 bridgehead atoms. The van der Waals surface area contributed by atoms with Crippen molar-refractivity contribution in [3.8, 4) is 11.8 Å². The molecule has 1 unspecified atom stereocenters. The summed E-state index contributed by atoms with van der Waals surface area (Å²) >= 11 is 5.92. The molecule has 30 heavy (non-hydrogen) atoms. The van der Waals surface area contributed by atoms with Gasteiger partial charge in [-0.25, -0.2) is 9.55 Å². The largest absolute Gasteiger partial charge is 0.462 e. The van der Waals surface area contributed by atoms with Crippen LogP contribution < -0.4 is 10.5 Å². The van der Waals surface area contributed by atoms with Crippen LogP contribution in [0, 0.1) is 0 Å². The number of fused-ring (bicyclic) bond motifs is 1. The normalized spacial score (nSPS) is 13.3. The van der Waals surface area contributed by atoms with Crippen LogP contribution in [0.15, 0.2) is 48.8 Å². The van der Waals surface area contributed by atoms with E-state index < -0.39 is 5.60 Å². The molecule has 0 spiro atoms. The van der Waals surface area contributed by atoms with Gasteiger partial charge in [-0.05, 0) is 36.8 Å². The van der Waals surface area contributed by atoms with Crippen LogP contribution in [-0.2, 0) is 5.60 Å². The second-order valence-corrected chi connectivity index (χ2v) is 7.15. The Balaban J connectivity index is 1.89. The average Bonchev–Trinajstić information content (AvgIpc) is 3.10. The van der Waals surface area contributed by atoms with Crippen molar-refractivity contribution in [2.24, 2.45) is 0 Å². The van der Waals surface area contributed by atoms with Gasteiger partial charge in [0, 0.05) is 18.5 Å². The van der Waals surface area contributed by atoms with Gasteiger partial charge in [0.15, 0.2) is 0 Å². The number of benzene rings is 1. The van der Waals surface area contributed by atoms with E-state index in [9.17, 15) is 5.11 Å². The maximum atomic E-state index is 11.2. The number of aromatic nitrogens is 5. The van der Waals surface area contributed by atoms with Crippen LogP contribution in [0.2, 0.25) is 5.02 Å². The lowest BCUT2D eigenvalue weighted by Gasteiger charge is -2.23. The molecule has 3 heterocycles. The Morgan fingerprint density at radius 1 is 1.17 bits per heavy atom. The van der Waals surface area contributed by atoms with Crippen molar-refractivity contribution in [1.82, 2.24) is 24.5 Å². The van der Waals surface area contributed by atoms with E-state index in [1.165, 1.54) is 12.4 Å². The summed E-state index contributed by atoms with van der Waals surface area (Å²) in [5, 5.41) is 20.8. The van der Waals surface area contributed by atoms with E-state index in [1.807, 2.05) is 0 Å². The van der Waals surface area contributed by atoms with E-state index >= 15 is 0 Å². The topological polar surface area (TPSA) is 132 Å². The number of pyridine rings is 1. The van der Waals surface area contributed by atoms with E-state index in [0.29, 0.717) is 33.1 Å². The zero-order valence-electron chi connectivity index (χ0n) is 16.0. The van der Waals surface area contributed by atoms with Crippen LogP contribution in [0.3, 0.4) is 0 Å². The standard InChI is InChI=1S/C20H19ClN6O3/c1-20(29,16-5-3-13(21)11-24-16)12-2-4-14-15(10-12)27(19(25-14)30-9-8-28)17-6-7-23-18(22)26-17/h2-7,10-11,28-29H,8-9H2,1H3,(H2,22,23,26). The van der Waals surface area contributed by atoms with Crippen LogP contribution in [0.4, 0.5) is 5.95 Å². The summed E-state index contributed by atoms with van der Waals surface area (Å²) in [5.41, 5.74) is 6.64. The van der Waals surface area contributed by atoms with Gasteiger partial charge >= 0.3 is 6.01 Å². The molecule has 10 heteroatoms.